The molecule has 9 nitrogen and oxygen atoms in total. The van der Waals surface area contributed by atoms with Crippen LogP contribution >= 0.6 is 0 Å². The number of H-pyrrole nitrogens is 1. The zero-order valence-electron chi connectivity index (χ0n) is 17.4. The van der Waals surface area contributed by atoms with Crippen molar-refractivity contribution in [1.82, 2.24) is 4.98 Å². The van der Waals surface area contributed by atoms with E-state index in [2.05, 4.69) is 10.3 Å². The van der Waals surface area contributed by atoms with Crippen molar-refractivity contribution in [2.45, 2.75) is 6.18 Å². The quantitative estimate of drug-likeness (QED) is 0.478. The van der Waals surface area contributed by atoms with Crippen LogP contribution in [0.1, 0.15) is 20.7 Å². The van der Waals surface area contributed by atoms with Gasteiger partial charge in [-0.2, -0.15) is 13.2 Å². The van der Waals surface area contributed by atoms with Crippen LogP contribution in [0.25, 0.3) is 10.9 Å². The molecule has 34 heavy (non-hydrogen) atoms. The van der Waals surface area contributed by atoms with Crippen LogP contribution in [-0.2, 0) is 4.79 Å². The molecule has 178 valence electrons. The van der Waals surface area contributed by atoms with Gasteiger partial charge in [0.1, 0.15) is 17.1 Å². The van der Waals surface area contributed by atoms with Crippen LogP contribution in [0.4, 0.5) is 28.9 Å². The Morgan fingerprint density at radius 3 is 2.24 bits per heavy atom. The highest BCUT2D eigenvalue weighted by atomic mass is 19.4. The maximum atomic E-state index is 14.1. The zero-order chi connectivity index (χ0) is 25.4. The number of aromatic amines is 1. The van der Waals surface area contributed by atoms with Gasteiger partial charge in [0.2, 0.25) is 0 Å². The molecule has 3 N–H and O–H groups in total. The van der Waals surface area contributed by atoms with E-state index < -0.39 is 52.3 Å². The Hall–Kier alpha value is -4.42. The van der Waals surface area contributed by atoms with Gasteiger partial charge in [-0.05, 0) is 36.4 Å². The minimum Gasteiger partial charge on any atom is -0.495 e. The number of nitrogens with zero attached hydrogens (tertiary/aromatic N) is 1. The minimum atomic E-state index is -5.54. The highest BCUT2D eigenvalue weighted by Crippen LogP contribution is 2.33. The van der Waals surface area contributed by atoms with Gasteiger partial charge in [0.05, 0.1) is 29.6 Å². The van der Waals surface area contributed by atoms with Gasteiger partial charge in [0.15, 0.2) is 0 Å². The molecule has 0 aliphatic heterocycles. The fourth-order valence-electron chi connectivity index (χ4n) is 3.26. The molecule has 1 aromatic heterocycles. The summed E-state index contributed by atoms with van der Waals surface area (Å²) in [5.41, 5.74) is -3.10. The van der Waals surface area contributed by atoms with Gasteiger partial charge in [-0.3, -0.25) is 14.4 Å². The molecule has 0 bridgehead atoms. The number of rotatable bonds is 5. The van der Waals surface area contributed by atoms with Crippen molar-refractivity contribution in [2.24, 2.45) is 0 Å². The summed E-state index contributed by atoms with van der Waals surface area (Å²) in [6.45, 7) is 0. The summed E-state index contributed by atoms with van der Waals surface area (Å²) in [5, 5.41) is 11.5. The molecule has 0 saturated heterocycles. The lowest BCUT2D eigenvalue weighted by Gasteiger charge is -2.23. The summed E-state index contributed by atoms with van der Waals surface area (Å²) in [6, 6.07) is 5.26. The van der Waals surface area contributed by atoms with E-state index in [1.807, 2.05) is 0 Å². The number of halogens is 4. The number of anilines is 2. The van der Waals surface area contributed by atoms with Crippen LogP contribution < -0.4 is 20.5 Å². The average molecular weight is 481 g/mol. The van der Waals surface area contributed by atoms with Crippen molar-refractivity contribution < 1.29 is 41.8 Å². The van der Waals surface area contributed by atoms with E-state index in [0.29, 0.717) is 0 Å². The third kappa shape index (κ3) is 4.27. The minimum absolute atomic E-state index is 0.00168. The summed E-state index contributed by atoms with van der Waals surface area (Å²) >= 11 is 0. The maximum absolute atomic E-state index is 14.1. The number of imide groups is 1. The largest absolute Gasteiger partial charge is 0.495 e. The molecule has 0 aliphatic carbocycles. The number of fused-ring (bicyclic) bond motifs is 1. The Balaban J connectivity index is 2.30. The molecule has 1 heterocycles. The number of alkyl halides is 3. The summed E-state index contributed by atoms with van der Waals surface area (Å²) < 4.78 is 59.2. The predicted octanol–water partition coefficient (Wildman–Crippen LogP) is 3.15. The van der Waals surface area contributed by atoms with Crippen LogP contribution in [0.15, 0.2) is 41.2 Å². The Labute approximate surface area is 187 Å². The van der Waals surface area contributed by atoms with E-state index in [1.165, 1.54) is 7.05 Å². The second-order valence-corrected chi connectivity index (χ2v) is 6.78. The average Bonchev–Trinajstić information content (AvgIpc) is 2.77. The van der Waals surface area contributed by atoms with Crippen LogP contribution in [0.2, 0.25) is 0 Å². The number of methoxy groups -OCH3 is 1. The third-order valence-corrected chi connectivity index (χ3v) is 4.75. The van der Waals surface area contributed by atoms with Crippen LogP contribution in [-0.4, -0.2) is 48.2 Å². The lowest BCUT2D eigenvalue weighted by atomic mass is 10.1. The number of aromatic nitrogens is 1. The van der Waals surface area contributed by atoms with Crippen molar-refractivity contribution in [2.75, 3.05) is 24.4 Å². The lowest BCUT2D eigenvalue weighted by molar-refractivity contribution is -0.169. The molecule has 2 aromatic carbocycles. The van der Waals surface area contributed by atoms with E-state index in [4.69, 9.17) is 9.84 Å². The fourth-order valence-corrected chi connectivity index (χ4v) is 3.26. The van der Waals surface area contributed by atoms with Crippen molar-refractivity contribution in [3.63, 3.8) is 0 Å². The van der Waals surface area contributed by atoms with Crippen molar-refractivity contribution in [3.05, 3.63) is 63.7 Å². The number of pyridine rings is 1. The Morgan fingerprint density at radius 2 is 1.74 bits per heavy atom. The highest BCUT2D eigenvalue weighted by Gasteiger charge is 2.46. The van der Waals surface area contributed by atoms with E-state index in [0.717, 1.165) is 43.5 Å². The summed E-state index contributed by atoms with van der Waals surface area (Å²) in [4.78, 5) is 51.2. The number of hydrogen-bond donors (Lipinski definition) is 3. The lowest BCUT2D eigenvalue weighted by Crippen LogP contribution is -2.46. The highest BCUT2D eigenvalue weighted by molar-refractivity contribution is 6.24. The van der Waals surface area contributed by atoms with E-state index in [1.54, 1.807) is 0 Å². The molecule has 0 fully saturated rings. The second-order valence-electron chi connectivity index (χ2n) is 6.78. The summed E-state index contributed by atoms with van der Waals surface area (Å²) in [6.07, 6.45) is -5.54. The number of nitrogens with one attached hydrogen (secondary N) is 2. The first-order valence-electron chi connectivity index (χ1n) is 9.31. The normalized spacial score (nSPS) is 11.2. The number of carbonyl (C=O) groups is 3. The molecule has 0 aliphatic rings. The SMILES string of the molecule is CNc1cc(F)cc2c(OC)c(C(=O)N(C(=O)C(F)(F)F)c3ccc(C(=O)O)cc3)c(=O)[nH]c12. The molecule has 0 unspecified atom stereocenters. The molecular weight excluding hydrogens is 466 g/mol. The maximum Gasteiger partial charge on any atom is 0.472 e. The van der Waals surface area contributed by atoms with Crippen LogP contribution in [0.5, 0.6) is 5.75 Å². The van der Waals surface area contributed by atoms with Gasteiger partial charge in [0, 0.05) is 12.4 Å². The molecule has 3 rings (SSSR count). The van der Waals surface area contributed by atoms with Crippen molar-refractivity contribution >= 4 is 40.1 Å². The van der Waals surface area contributed by atoms with Crippen molar-refractivity contribution in [1.29, 1.82) is 0 Å². The van der Waals surface area contributed by atoms with Crippen LogP contribution in [0, 0.1) is 5.82 Å². The summed E-state index contributed by atoms with van der Waals surface area (Å²) in [5.74, 6) is -7.14. The molecule has 13 heteroatoms. The van der Waals surface area contributed by atoms with Gasteiger partial charge >= 0.3 is 18.1 Å². The number of carbonyl (C=O) groups excluding carboxylic acids is 2. The van der Waals surface area contributed by atoms with Gasteiger partial charge in [-0.25, -0.2) is 14.1 Å². The Bertz CT molecular complexity index is 1370. The number of benzene rings is 2. The molecule has 2 amide bonds. The zero-order valence-corrected chi connectivity index (χ0v) is 17.4. The number of hydrogen-bond acceptors (Lipinski definition) is 6. The van der Waals surface area contributed by atoms with Gasteiger partial charge in [-0.15, -0.1) is 0 Å². The molecular formula is C21H15F4N3O6. The third-order valence-electron chi connectivity index (χ3n) is 4.75. The van der Waals surface area contributed by atoms with E-state index >= 15 is 0 Å². The Morgan fingerprint density at radius 1 is 1.12 bits per heavy atom. The first-order valence-corrected chi connectivity index (χ1v) is 9.31. The first kappa shape index (κ1) is 24.2. The molecule has 3 aromatic rings. The number of carboxylic acids is 1. The van der Waals surface area contributed by atoms with Gasteiger partial charge < -0.3 is 20.1 Å². The molecule has 0 spiro atoms. The second kappa shape index (κ2) is 8.84. The number of ether oxygens (including phenoxy) is 1. The smallest absolute Gasteiger partial charge is 0.472 e. The predicted molar refractivity (Wildman–Crippen MR) is 112 cm³/mol. The molecule has 0 radical (unpaired) electrons. The monoisotopic (exact) mass is 481 g/mol. The number of amides is 2. The van der Waals surface area contributed by atoms with Gasteiger partial charge in [0.25, 0.3) is 11.5 Å². The number of carboxylic acid groups (broad SMARTS) is 1. The number of aromatic carboxylic acids is 1. The summed E-state index contributed by atoms with van der Waals surface area (Å²) in [7, 11) is 2.43. The fraction of sp³-hybridized carbons (Fsp3) is 0.143. The van der Waals surface area contributed by atoms with Crippen molar-refractivity contribution in [3.8, 4) is 5.75 Å². The van der Waals surface area contributed by atoms with E-state index in [9.17, 15) is 36.7 Å². The standard InChI is InChI=1S/C21H15F4N3O6/c1-26-13-8-10(22)7-12-15(13)27-17(29)14(16(12)34-2)18(30)28(20(33)21(23,24)25)11-5-3-9(4-6-11)19(31)32/h3-8,26H,1-2H3,(H,27,29)(H,31,32). The topological polar surface area (TPSA) is 129 Å². The Kier molecular flexibility index (Phi) is 6.30. The molecule has 0 saturated carbocycles. The van der Waals surface area contributed by atoms with Gasteiger partial charge in [-0.1, -0.05) is 0 Å². The van der Waals surface area contributed by atoms with E-state index in [-0.39, 0.29) is 27.1 Å². The molecule has 0 atom stereocenters. The first-order chi connectivity index (χ1) is 15.9. The van der Waals surface area contributed by atoms with Crippen LogP contribution in [0.3, 0.4) is 0 Å².